The van der Waals surface area contributed by atoms with Crippen molar-refractivity contribution in [3.8, 4) is 11.5 Å². The van der Waals surface area contributed by atoms with Crippen LogP contribution in [0.25, 0.3) is 0 Å². The van der Waals surface area contributed by atoms with Crippen molar-refractivity contribution in [2.45, 2.75) is 33.0 Å². The number of hydrogen-bond donors (Lipinski definition) is 2. The zero-order chi connectivity index (χ0) is 23.8. The quantitative estimate of drug-likeness (QED) is 0.495. The summed E-state index contributed by atoms with van der Waals surface area (Å²) in [6, 6.07) is 14.1. The van der Waals surface area contributed by atoms with Gasteiger partial charge in [-0.2, -0.15) is 5.10 Å². The molecule has 1 aromatic heterocycles. The molecular formula is C25H30N4O4. The van der Waals surface area contributed by atoms with Crippen LogP contribution in [0.3, 0.4) is 0 Å². The van der Waals surface area contributed by atoms with Crippen LogP contribution in [-0.4, -0.2) is 41.9 Å². The largest absolute Gasteiger partial charge is 0.497 e. The van der Waals surface area contributed by atoms with Gasteiger partial charge in [-0.3, -0.25) is 14.3 Å². The molecule has 0 saturated carbocycles. The molecule has 8 heteroatoms. The van der Waals surface area contributed by atoms with Crippen molar-refractivity contribution in [3.05, 3.63) is 77.6 Å². The van der Waals surface area contributed by atoms with Gasteiger partial charge in [0.05, 0.1) is 20.8 Å². The molecule has 0 aliphatic heterocycles. The number of nitrogens with one attached hydrogen (secondary N) is 2. The molecule has 33 heavy (non-hydrogen) atoms. The second kappa shape index (κ2) is 11.2. The zero-order valence-corrected chi connectivity index (χ0v) is 19.4. The molecule has 0 aliphatic carbocycles. The lowest BCUT2D eigenvalue weighted by Gasteiger charge is -2.22. The molecule has 2 amide bonds. The second-order valence-corrected chi connectivity index (χ2v) is 8.04. The Kier molecular flexibility index (Phi) is 8.07. The Morgan fingerprint density at radius 2 is 1.70 bits per heavy atom. The van der Waals surface area contributed by atoms with E-state index in [1.807, 2.05) is 55.1 Å². The minimum atomic E-state index is -0.693. The molecule has 8 nitrogen and oxygen atoms in total. The highest BCUT2D eigenvalue weighted by Crippen LogP contribution is 2.22. The number of benzene rings is 2. The van der Waals surface area contributed by atoms with E-state index < -0.39 is 6.04 Å². The monoisotopic (exact) mass is 450 g/mol. The number of carbonyl (C=O) groups is 2. The van der Waals surface area contributed by atoms with Crippen LogP contribution in [0.2, 0.25) is 0 Å². The Balaban J connectivity index is 1.64. The van der Waals surface area contributed by atoms with Gasteiger partial charge >= 0.3 is 0 Å². The normalized spacial score (nSPS) is 11.7. The molecule has 2 aromatic carbocycles. The van der Waals surface area contributed by atoms with Gasteiger partial charge in [-0.25, -0.2) is 0 Å². The number of rotatable bonds is 10. The molecule has 2 N–H and O–H groups in total. The first-order valence-corrected chi connectivity index (χ1v) is 10.8. The first-order valence-electron chi connectivity index (χ1n) is 10.8. The summed E-state index contributed by atoms with van der Waals surface area (Å²) in [5.41, 5.74) is 2.42. The van der Waals surface area contributed by atoms with Crippen molar-refractivity contribution in [1.82, 2.24) is 20.4 Å². The molecule has 3 aromatic rings. The highest BCUT2D eigenvalue weighted by atomic mass is 16.5. The van der Waals surface area contributed by atoms with E-state index in [1.165, 1.54) is 14.2 Å². The Bertz CT molecular complexity index is 1060. The molecule has 3 rings (SSSR count). The fourth-order valence-corrected chi connectivity index (χ4v) is 3.42. The summed E-state index contributed by atoms with van der Waals surface area (Å²) >= 11 is 0. The maximum Gasteiger partial charge on any atom is 0.252 e. The third kappa shape index (κ3) is 6.58. The molecule has 0 bridgehead atoms. The van der Waals surface area contributed by atoms with Gasteiger partial charge in [0.1, 0.15) is 17.5 Å². The number of carbonyl (C=O) groups excluding carboxylic acids is 2. The van der Waals surface area contributed by atoms with E-state index in [4.69, 9.17) is 9.47 Å². The van der Waals surface area contributed by atoms with Gasteiger partial charge in [-0.15, -0.1) is 0 Å². The predicted molar refractivity (Wildman–Crippen MR) is 125 cm³/mol. The maximum absolute atomic E-state index is 12.9. The van der Waals surface area contributed by atoms with Crippen molar-refractivity contribution in [3.63, 3.8) is 0 Å². The number of aromatic nitrogens is 2. The second-order valence-electron chi connectivity index (χ2n) is 8.04. The van der Waals surface area contributed by atoms with Crippen LogP contribution < -0.4 is 20.1 Å². The van der Waals surface area contributed by atoms with E-state index in [0.29, 0.717) is 30.2 Å². The van der Waals surface area contributed by atoms with Crippen LogP contribution in [0.5, 0.6) is 11.5 Å². The summed E-state index contributed by atoms with van der Waals surface area (Å²) in [5, 5.41) is 10.0. The van der Waals surface area contributed by atoms with Gasteiger partial charge in [-0.1, -0.05) is 38.1 Å². The van der Waals surface area contributed by atoms with E-state index in [0.717, 1.165) is 11.1 Å². The van der Waals surface area contributed by atoms with Gasteiger partial charge < -0.3 is 20.1 Å². The van der Waals surface area contributed by atoms with E-state index in [2.05, 4.69) is 15.7 Å². The molecule has 0 aliphatic rings. The van der Waals surface area contributed by atoms with E-state index in [9.17, 15) is 9.59 Å². The third-order valence-corrected chi connectivity index (χ3v) is 5.21. The van der Waals surface area contributed by atoms with Gasteiger partial charge in [0.25, 0.3) is 5.91 Å². The van der Waals surface area contributed by atoms with Gasteiger partial charge in [0.15, 0.2) is 0 Å². The standard InChI is InChI=1S/C25H30N4O4/c1-17(2)23(28-24(30)20-12-21(32-3)14-22(13-20)33-4)25(31)26-15-18-7-5-8-19(11-18)16-29-10-6-9-27-29/h5-14,17,23H,15-16H2,1-4H3,(H,26,31)(H,28,30). The Morgan fingerprint density at radius 3 is 2.30 bits per heavy atom. The Hall–Kier alpha value is -3.81. The number of nitrogens with zero attached hydrogens (tertiary/aromatic N) is 2. The van der Waals surface area contributed by atoms with Crippen molar-refractivity contribution < 1.29 is 19.1 Å². The SMILES string of the molecule is COc1cc(OC)cc(C(=O)NC(C(=O)NCc2cccc(Cn3cccn3)c2)C(C)C)c1. The first kappa shape index (κ1) is 23.8. The molecular weight excluding hydrogens is 420 g/mol. The van der Waals surface area contributed by atoms with E-state index in [1.54, 1.807) is 24.4 Å². The van der Waals surface area contributed by atoms with Crippen molar-refractivity contribution in [2.75, 3.05) is 14.2 Å². The molecule has 174 valence electrons. The van der Waals surface area contributed by atoms with Crippen molar-refractivity contribution >= 4 is 11.8 Å². The minimum absolute atomic E-state index is 0.104. The molecule has 1 heterocycles. The lowest BCUT2D eigenvalue weighted by atomic mass is 10.0. The molecule has 0 fully saturated rings. The van der Waals surface area contributed by atoms with Gasteiger partial charge in [-0.05, 0) is 35.2 Å². The first-order chi connectivity index (χ1) is 15.9. The van der Waals surface area contributed by atoms with Crippen LogP contribution in [0.15, 0.2) is 60.9 Å². The number of ether oxygens (including phenoxy) is 2. The highest BCUT2D eigenvalue weighted by Gasteiger charge is 2.25. The van der Waals surface area contributed by atoms with Gasteiger partial charge in [0.2, 0.25) is 5.91 Å². The van der Waals surface area contributed by atoms with Crippen molar-refractivity contribution in [1.29, 1.82) is 0 Å². The average molecular weight is 451 g/mol. The van der Waals surface area contributed by atoms with Crippen molar-refractivity contribution in [2.24, 2.45) is 5.92 Å². The zero-order valence-electron chi connectivity index (χ0n) is 19.4. The fraction of sp³-hybridized carbons (Fsp3) is 0.320. The van der Waals surface area contributed by atoms with Crippen LogP contribution in [0, 0.1) is 5.92 Å². The molecule has 0 saturated heterocycles. The predicted octanol–water partition coefficient (Wildman–Crippen LogP) is 3.02. The Labute approximate surface area is 193 Å². The average Bonchev–Trinajstić information content (AvgIpc) is 3.33. The topological polar surface area (TPSA) is 94.5 Å². The summed E-state index contributed by atoms with van der Waals surface area (Å²) in [5.74, 6) is 0.278. The fourth-order valence-electron chi connectivity index (χ4n) is 3.42. The number of hydrogen-bond acceptors (Lipinski definition) is 5. The Morgan fingerprint density at radius 1 is 1.00 bits per heavy atom. The maximum atomic E-state index is 12.9. The van der Waals surface area contributed by atoms with E-state index in [-0.39, 0.29) is 17.7 Å². The molecule has 0 spiro atoms. The summed E-state index contributed by atoms with van der Waals surface area (Å²) in [7, 11) is 3.04. The molecule has 1 unspecified atom stereocenters. The van der Waals surface area contributed by atoms with E-state index >= 15 is 0 Å². The number of methoxy groups -OCH3 is 2. The third-order valence-electron chi connectivity index (χ3n) is 5.21. The summed E-state index contributed by atoms with van der Waals surface area (Å²) in [6.07, 6.45) is 3.65. The van der Waals surface area contributed by atoms with Crippen LogP contribution in [-0.2, 0) is 17.9 Å². The smallest absolute Gasteiger partial charge is 0.252 e. The van der Waals surface area contributed by atoms with Gasteiger partial charge in [0, 0.05) is 30.6 Å². The molecule has 1 atom stereocenters. The lowest BCUT2D eigenvalue weighted by molar-refractivity contribution is -0.124. The van der Waals surface area contributed by atoms with Crippen LogP contribution in [0.4, 0.5) is 0 Å². The molecule has 0 radical (unpaired) electrons. The van der Waals surface area contributed by atoms with Crippen LogP contribution in [0.1, 0.15) is 35.3 Å². The minimum Gasteiger partial charge on any atom is -0.497 e. The lowest BCUT2D eigenvalue weighted by Crippen LogP contribution is -2.49. The summed E-state index contributed by atoms with van der Waals surface area (Å²) in [6.45, 7) is 4.80. The highest BCUT2D eigenvalue weighted by molar-refractivity contribution is 5.98. The summed E-state index contributed by atoms with van der Waals surface area (Å²) < 4.78 is 12.3. The number of amides is 2. The van der Waals surface area contributed by atoms with Crippen LogP contribution >= 0.6 is 0 Å². The summed E-state index contributed by atoms with van der Waals surface area (Å²) in [4.78, 5) is 25.8.